The molecule has 0 N–H and O–H groups in total. The van der Waals surface area contributed by atoms with Crippen molar-refractivity contribution in [2.24, 2.45) is 0 Å². The molecule has 26 valence electrons. The van der Waals surface area contributed by atoms with E-state index >= 15 is 0 Å². The minimum absolute atomic E-state index is 0. The van der Waals surface area contributed by atoms with Crippen LogP contribution in [0.25, 0.3) is 0 Å². The van der Waals surface area contributed by atoms with Gasteiger partial charge in [-0.15, -0.1) is 0 Å². The summed E-state index contributed by atoms with van der Waals surface area (Å²) in [7, 11) is 0. The molecule has 0 aliphatic carbocycles. The van der Waals surface area contributed by atoms with Gasteiger partial charge in [-0.25, -0.2) is 0 Å². The molecule has 0 fully saturated rings. The van der Waals surface area contributed by atoms with Gasteiger partial charge in [-0.3, -0.25) is 0 Å². The maximum atomic E-state index is 0. The summed E-state index contributed by atoms with van der Waals surface area (Å²) in [5.41, 5.74) is 0. The van der Waals surface area contributed by atoms with Crippen molar-refractivity contribution in [3.8, 4) is 0 Å². The van der Waals surface area contributed by atoms with Crippen LogP contribution in [0.4, 0.5) is 0 Å². The van der Waals surface area contributed by atoms with Crippen molar-refractivity contribution in [3.63, 3.8) is 0 Å². The summed E-state index contributed by atoms with van der Waals surface area (Å²) < 4.78 is 0. The van der Waals surface area contributed by atoms with Crippen LogP contribution in [0.5, 0.6) is 0 Å². The third kappa shape index (κ3) is 8.82. The SMILES string of the molecule is [Cd].[Fe].[Mo].[Ni]. The fraction of sp³-hybridized carbons (Fsp3) is 0. The molecule has 0 bridgehead atoms. The summed E-state index contributed by atoms with van der Waals surface area (Å²) in [5, 5.41) is 0. The zero-order valence-electron chi connectivity index (χ0n) is 1.79. The van der Waals surface area contributed by atoms with Gasteiger partial charge < -0.3 is 0 Å². The molecule has 0 atom stereocenters. The molecule has 0 rings (SSSR count). The van der Waals surface area contributed by atoms with Crippen molar-refractivity contribution < 1.29 is 81.9 Å². The summed E-state index contributed by atoms with van der Waals surface area (Å²) in [5.74, 6) is 0. The Morgan fingerprint density at radius 2 is 1.00 bits per heavy atom. The first kappa shape index (κ1) is 30.4. The minimum Gasteiger partial charge on any atom is 0 e. The van der Waals surface area contributed by atoms with E-state index in [0.29, 0.717) is 0 Å². The molecule has 0 heterocycles. The van der Waals surface area contributed by atoms with Gasteiger partial charge in [0, 0.05) is 81.9 Å². The Morgan fingerprint density at radius 1 is 1.00 bits per heavy atom. The molecule has 0 nitrogen and oxygen atoms in total. The second-order valence-corrected chi connectivity index (χ2v) is 0. The Bertz CT molecular complexity index is 8.00. The zero-order chi connectivity index (χ0) is 0. The Balaban J connectivity index is 0. The molecule has 0 aromatic rings. The molecule has 0 aromatic carbocycles. The molecule has 0 radical (unpaired) electrons. The molecular formula is CdFeMoNi. The first-order chi connectivity index (χ1) is 0. The van der Waals surface area contributed by atoms with Gasteiger partial charge in [0.15, 0.2) is 0 Å². The normalized spacial score (nSPS) is 0. The predicted molar refractivity (Wildman–Crippen MR) is 0 cm³/mol. The van der Waals surface area contributed by atoms with Crippen LogP contribution in [0.3, 0.4) is 0 Å². The van der Waals surface area contributed by atoms with Crippen molar-refractivity contribution in [2.75, 3.05) is 0 Å². The Labute approximate surface area is 80.7 Å². The van der Waals surface area contributed by atoms with Crippen LogP contribution in [-0.4, -0.2) is 0 Å². The average molecular weight is 323 g/mol. The van der Waals surface area contributed by atoms with Crippen molar-refractivity contribution in [1.82, 2.24) is 0 Å². The van der Waals surface area contributed by atoms with Gasteiger partial charge in [-0.2, -0.15) is 0 Å². The summed E-state index contributed by atoms with van der Waals surface area (Å²) in [6, 6.07) is 0. The Kier molecular flexibility index (Phi) is 133. The summed E-state index contributed by atoms with van der Waals surface area (Å²) in [6.45, 7) is 0. The summed E-state index contributed by atoms with van der Waals surface area (Å²) >= 11 is 0. The Hall–Kier alpha value is 2.62. The molecule has 4 heavy (non-hydrogen) atoms. The van der Waals surface area contributed by atoms with Gasteiger partial charge in [-0.05, 0) is 0 Å². The number of hydrogen-bond acceptors (Lipinski definition) is 0. The maximum Gasteiger partial charge on any atom is 0 e. The van der Waals surface area contributed by atoms with E-state index in [4.69, 9.17) is 0 Å². The maximum absolute atomic E-state index is 0. The molecule has 0 amide bonds. The van der Waals surface area contributed by atoms with Crippen LogP contribution in [0.1, 0.15) is 0 Å². The van der Waals surface area contributed by atoms with Crippen molar-refractivity contribution in [1.29, 1.82) is 0 Å². The van der Waals surface area contributed by atoms with Gasteiger partial charge in [0.1, 0.15) is 0 Å². The zero-order valence-corrected chi connectivity index (χ0v) is 9.92. The fourth-order valence-electron chi connectivity index (χ4n) is 0. The van der Waals surface area contributed by atoms with E-state index < -0.39 is 0 Å². The molecule has 0 aromatic heterocycles. The minimum atomic E-state index is 0. The average Bonchev–Trinajstić information content (AvgIpc) is 0. The second-order valence-electron chi connectivity index (χ2n) is 0. The fourth-order valence-corrected chi connectivity index (χ4v) is 0. The number of hydrogen-bond donors (Lipinski definition) is 0. The van der Waals surface area contributed by atoms with Gasteiger partial charge in [0.05, 0.1) is 0 Å². The van der Waals surface area contributed by atoms with Crippen LogP contribution >= 0.6 is 0 Å². The molecule has 0 aliphatic rings. The van der Waals surface area contributed by atoms with E-state index in [0.717, 1.165) is 0 Å². The van der Waals surface area contributed by atoms with E-state index in [-0.39, 0.29) is 81.9 Å². The van der Waals surface area contributed by atoms with Gasteiger partial charge in [0.2, 0.25) is 0 Å². The molecule has 0 saturated heterocycles. The van der Waals surface area contributed by atoms with Gasteiger partial charge >= 0.3 is 0 Å². The smallest absolute Gasteiger partial charge is 0 e. The van der Waals surface area contributed by atoms with Gasteiger partial charge in [-0.1, -0.05) is 0 Å². The van der Waals surface area contributed by atoms with Crippen molar-refractivity contribution in [3.05, 3.63) is 0 Å². The van der Waals surface area contributed by atoms with E-state index in [1.807, 2.05) is 0 Å². The molecular weight excluding hydrogens is 323 g/mol. The topological polar surface area (TPSA) is 0 Å². The van der Waals surface area contributed by atoms with Crippen LogP contribution in [0.15, 0.2) is 0 Å². The third-order valence-corrected chi connectivity index (χ3v) is 0. The second kappa shape index (κ2) is 17.5. The van der Waals surface area contributed by atoms with E-state index in [2.05, 4.69) is 0 Å². The van der Waals surface area contributed by atoms with Crippen molar-refractivity contribution in [2.45, 2.75) is 0 Å². The third-order valence-electron chi connectivity index (χ3n) is 0. The van der Waals surface area contributed by atoms with Crippen LogP contribution < -0.4 is 0 Å². The quantitative estimate of drug-likeness (QED) is 0.550. The van der Waals surface area contributed by atoms with Crippen molar-refractivity contribution >= 4 is 0 Å². The monoisotopic (exact) mass is 326 g/mol. The summed E-state index contributed by atoms with van der Waals surface area (Å²) in [4.78, 5) is 0. The molecule has 0 saturated carbocycles. The van der Waals surface area contributed by atoms with E-state index in [1.165, 1.54) is 0 Å². The van der Waals surface area contributed by atoms with Crippen LogP contribution in [-0.2, 0) is 81.9 Å². The van der Waals surface area contributed by atoms with Crippen LogP contribution in [0, 0.1) is 0 Å². The first-order valence-electron chi connectivity index (χ1n) is 0. The Morgan fingerprint density at radius 3 is 1.00 bits per heavy atom. The molecule has 0 unspecified atom stereocenters. The number of rotatable bonds is 0. The van der Waals surface area contributed by atoms with Crippen LogP contribution in [0.2, 0.25) is 0 Å². The summed E-state index contributed by atoms with van der Waals surface area (Å²) in [6.07, 6.45) is 0. The molecule has 4 heteroatoms. The van der Waals surface area contributed by atoms with E-state index in [9.17, 15) is 0 Å². The predicted octanol–water partition coefficient (Wildman–Crippen LogP) is -0.0100. The largest absolute Gasteiger partial charge is 0 e. The standard InChI is InChI=1S/Cd.Fe.Mo.Ni. The van der Waals surface area contributed by atoms with E-state index in [1.54, 1.807) is 0 Å². The first-order valence-corrected chi connectivity index (χ1v) is 0. The molecule has 0 aliphatic heterocycles. The molecule has 0 spiro atoms. The van der Waals surface area contributed by atoms with Gasteiger partial charge in [0.25, 0.3) is 0 Å².